The zero-order chi connectivity index (χ0) is 13.5. The van der Waals surface area contributed by atoms with Crippen LogP contribution < -0.4 is 10.6 Å². The molecule has 0 aliphatic rings. The van der Waals surface area contributed by atoms with Crippen LogP contribution in [-0.2, 0) is 13.0 Å². The number of nitrogens with zero attached hydrogens (tertiary/aromatic N) is 2. The van der Waals surface area contributed by atoms with E-state index in [1.807, 2.05) is 24.5 Å². The third-order valence-corrected chi connectivity index (χ3v) is 3.23. The first kappa shape index (κ1) is 13.6. The molecule has 2 aromatic rings. The molecule has 0 fully saturated rings. The van der Waals surface area contributed by atoms with E-state index in [2.05, 4.69) is 41.1 Å². The number of nitrogens with two attached hydrogens (primary N) is 1. The van der Waals surface area contributed by atoms with Crippen molar-refractivity contribution in [2.75, 3.05) is 18.0 Å². The highest BCUT2D eigenvalue weighted by atomic mass is 15.1. The molecule has 0 radical (unpaired) electrons. The fourth-order valence-corrected chi connectivity index (χ4v) is 2.11. The van der Waals surface area contributed by atoms with Gasteiger partial charge < -0.3 is 10.6 Å². The number of pyridine rings is 1. The van der Waals surface area contributed by atoms with E-state index in [1.54, 1.807) is 0 Å². The van der Waals surface area contributed by atoms with Gasteiger partial charge in [0.1, 0.15) is 0 Å². The maximum absolute atomic E-state index is 5.72. The van der Waals surface area contributed by atoms with E-state index in [1.165, 1.54) is 16.8 Å². The summed E-state index contributed by atoms with van der Waals surface area (Å²) in [6.07, 6.45) is 4.73. The number of aromatic nitrogens is 1. The molecule has 3 nitrogen and oxygen atoms in total. The molecule has 1 aromatic heterocycles. The van der Waals surface area contributed by atoms with E-state index in [0.717, 1.165) is 19.5 Å². The Morgan fingerprint density at radius 2 is 1.68 bits per heavy atom. The highest BCUT2D eigenvalue weighted by molar-refractivity contribution is 5.48. The second-order valence-corrected chi connectivity index (χ2v) is 4.59. The number of benzene rings is 1. The minimum Gasteiger partial charge on any atom is -0.366 e. The molecular weight excluding hydrogens is 234 g/mol. The molecule has 3 heteroatoms. The summed E-state index contributed by atoms with van der Waals surface area (Å²) in [4.78, 5) is 6.35. The van der Waals surface area contributed by atoms with Crippen LogP contribution in [0.2, 0.25) is 0 Å². The lowest BCUT2D eigenvalue weighted by molar-refractivity contribution is 0.788. The first-order chi connectivity index (χ1) is 9.33. The minimum absolute atomic E-state index is 0.653. The van der Waals surface area contributed by atoms with Gasteiger partial charge in [-0.3, -0.25) is 4.98 Å². The monoisotopic (exact) mass is 255 g/mol. The van der Waals surface area contributed by atoms with Gasteiger partial charge >= 0.3 is 0 Å². The van der Waals surface area contributed by atoms with Gasteiger partial charge in [-0.15, -0.1) is 0 Å². The van der Waals surface area contributed by atoms with Gasteiger partial charge in [-0.1, -0.05) is 19.1 Å². The van der Waals surface area contributed by atoms with Gasteiger partial charge in [0.15, 0.2) is 0 Å². The van der Waals surface area contributed by atoms with Gasteiger partial charge in [-0.2, -0.15) is 0 Å². The van der Waals surface area contributed by atoms with Crippen molar-refractivity contribution in [2.45, 2.75) is 19.9 Å². The van der Waals surface area contributed by atoms with E-state index < -0.39 is 0 Å². The Kier molecular flexibility index (Phi) is 4.93. The van der Waals surface area contributed by atoms with Crippen molar-refractivity contribution in [3.05, 3.63) is 59.9 Å². The van der Waals surface area contributed by atoms with Crippen molar-refractivity contribution < 1.29 is 0 Å². The maximum atomic E-state index is 5.72. The normalized spacial score (nSPS) is 10.4. The van der Waals surface area contributed by atoms with Crippen LogP contribution in [0.4, 0.5) is 5.69 Å². The van der Waals surface area contributed by atoms with Crippen molar-refractivity contribution in [1.82, 2.24) is 4.98 Å². The smallest absolute Gasteiger partial charge is 0.0431 e. The number of aryl methyl sites for hydroxylation is 1. The summed E-state index contributed by atoms with van der Waals surface area (Å²) < 4.78 is 0. The lowest BCUT2D eigenvalue weighted by Gasteiger charge is -2.24. The van der Waals surface area contributed by atoms with E-state index in [4.69, 9.17) is 5.73 Å². The Balaban J connectivity index is 2.14. The predicted octanol–water partition coefficient (Wildman–Crippen LogP) is 2.61. The third kappa shape index (κ3) is 3.80. The summed E-state index contributed by atoms with van der Waals surface area (Å²) in [6.45, 7) is 4.54. The average Bonchev–Trinajstić information content (AvgIpc) is 2.48. The molecule has 0 saturated carbocycles. The van der Waals surface area contributed by atoms with Crippen molar-refractivity contribution in [3.63, 3.8) is 0 Å². The topological polar surface area (TPSA) is 42.1 Å². The molecular formula is C16H21N3. The van der Waals surface area contributed by atoms with Crippen molar-refractivity contribution in [1.29, 1.82) is 0 Å². The van der Waals surface area contributed by atoms with Crippen LogP contribution in [-0.4, -0.2) is 18.1 Å². The van der Waals surface area contributed by atoms with Crippen molar-refractivity contribution >= 4 is 5.69 Å². The molecule has 0 amide bonds. The molecule has 0 aliphatic heterocycles. The Hall–Kier alpha value is -1.87. The summed E-state index contributed by atoms with van der Waals surface area (Å²) in [5, 5.41) is 0. The fourth-order valence-electron chi connectivity index (χ4n) is 2.11. The Morgan fingerprint density at radius 1 is 1.00 bits per heavy atom. The molecule has 0 atom stereocenters. The zero-order valence-electron chi connectivity index (χ0n) is 11.4. The highest BCUT2D eigenvalue weighted by Gasteiger charge is 2.06. The van der Waals surface area contributed by atoms with Crippen LogP contribution in [0.5, 0.6) is 0 Å². The SMILES string of the molecule is CCc1ccc(N(CCN)Cc2ccncc2)cc1. The summed E-state index contributed by atoms with van der Waals surface area (Å²) in [5.41, 5.74) is 9.56. The summed E-state index contributed by atoms with van der Waals surface area (Å²) in [5.74, 6) is 0. The molecule has 0 aliphatic carbocycles. The second kappa shape index (κ2) is 6.90. The summed E-state index contributed by atoms with van der Waals surface area (Å²) in [7, 11) is 0. The molecule has 2 N–H and O–H groups in total. The Bertz CT molecular complexity index is 479. The van der Waals surface area contributed by atoms with Crippen LogP contribution in [0.15, 0.2) is 48.8 Å². The van der Waals surface area contributed by atoms with Crippen LogP contribution in [0, 0.1) is 0 Å². The van der Waals surface area contributed by atoms with Gasteiger partial charge in [0.2, 0.25) is 0 Å². The molecule has 2 rings (SSSR count). The number of hydrogen-bond acceptors (Lipinski definition) is 3. The molecule has 1 heterocycles. The van der Waals surface area contributed by atoms with Gasteiger partial charge in [0.05, 0.1) is 0 Å². The standard InChI is InChI=1S/C16H21N3/c1-2-14-3-5-16(6-4-14)19(12-9-17)13-15-7-10-18-11-8-15/h3-8,10-11H,2,9,12-13,17H2,1H3. The first-order valence-corrected chi connectivity index (χ1v) is 6.76. The van der Waals surface area contributed by atoms with Crippen molar-refractivity contribution in [2.24, 2.45) is 5.73 Å². The number of rotatable bonds is 6. The lowest BCUT2D eigenvalue weighted by atomic mass is 10.1. The molecule has 0 saturated heterocycles. The Labute approximate surface area is 115 Å². The van der Waals surface area contributed by atoms with E-state index in [-0.39, 0.29) is 0 Å². The van der Waals surface area contributed by atoms with Gasteiger partial charge in [-0.05, 0) is 41.8 Å². The maximum Gasteiger partial charge on any atom is 0.0431 e. The van der Waals surface area contributed by atoms with E-state index in [0.29, 0.717) is 6.54 Å². The van der Waals surface area contributed by atoms with Crippen LogP contribution in [0.3, 0.4) is 0 Å². The molecule has 0 bridgehead atoms. The average molecular weight is 255 g/mol. The van der Waals surface area contributed by atoms with E-state index >= 15 is 0 Å². The third-order valence-electron chi connectivity index (χ3n) is 3.23. The van der Waals surface area contributed by atoms with Crippen LogP contribution in [0.25, 0.3) is 0 Å². The largest absolute Gasteiger partial charge is 0.366 e. The van der Waals surface area contributed by atoms with Crippen LogP contribution >= 0.6 is 0 Å². The molecule has 0 spiro atoms. The zero-order valence-corrected chi connectivity index (χ0v) is 11.4. The van der Waals surface area contributed by atoms with Gasteiger partial charge in [0.25, 0.3) is 0 Å². The Morgan fingerprint density at radius 3 is 2.26 bits per heavy atom. The highest BCUT2D eigenvalue weighted by Crippen LogP contribution is 2.17. The minimum atomic E-state index is 0.653. The molecule has 19 heavy (non-hydrogen) atoms. The van der Waals surface area contributed by atoms with Gasteiger partial charge in [0, 0.05) is 37.7 Å². The quantitative estimate of drug-likeness (QED) is 0.862. The van der Waals surface area contributed by atoms with E-state index in [9.17, 15) is 0 Å². The predicted molar refractivity (Wildman–Crippen MR) is 80.2 cm³/mol. The van der Waals surface area contributed by atoms with Crippen molar-refractivity contribution in [3.8, 4) is 0 Å². The number of anilines is 1. The molecule has 1 aromatic carbocycles. The summed E-state index contributed by atoms with van der Waals surface area (Å²) >= 11 is 0. The fraction of sp³-hybridized carbons (Fsp3) is 0.312. The number of hydrogen-bond donors (Lipinski definition) is 1. The van der Waals surface area contributed by atoms with Gasteiger partial charge in [-0.25, -0.2) is 0 Å². The van der Waals surface area contributed by atoms with Crippen LogP contribution in [0.1, 0.15) is 18.1 Å². The molecule has 0 unspecified atom stereocenters. The molecule has 100 valence electrons. The summed E-state index contributed by atoms with van der Waals surface area (Å²) in [6, 6.07) is 12.8. The lowest BCUT2D eigenvalue weighted by Crippen LogP contribution is -2.28. The first-order valence-electron chi connectivity index (χ1n) is 6.76. The second-order valence-electron chi connectivity index (χ2n) is 4.59.